The average molecular weight is 1490 g/mol. The van der Waals surface area contributed by atoms with Crippen molar-refractivity contribution in [2.24, 2.45) is 5.92 Å². The van der Waals surface area contributed by atoms with Crippen LogP contribution in [0.15, 0.2) is 0 Å². The van der Waals surface area contributed by atoms with Crippen LogP contribution >= 0.6 is 15.6 Å². The van der Waals surface area contributed by atoms with Crippen LogP contribution in [0.25, 0.3) is 0 Å². The van der Waals surface area contributed by atoms with Crippen molar-refractivity contribution in [3.05, 3.63) is 0 Å². The molecule has 0 aromatic carbocycles. The Hall–Kier alpha value is -1.94. The van der Waals surface area contributed by atoms with Crippen molar-refractivity contribution in [3.8, 4) is 0 Å². The van der Waals surface area contributed by atoms with Gasteiger partial charge in [0.2, 0.25) is 0 Å². The first kappa shape index (κ1) is 100. The number of rotatable bonds is 83. The lowest BCUT2D eigenvalue weighted by atomic mass is 10.0. The first-order valence-electron chi connectivity index (χ1n) is 43.1. The highest BCUT2D eigenvalue weighted by Gasteiger charge is 2.30. The number of aliphatic hydroxyl groups is 1. The van der Waals surface area contributed by atoms with Crippen molar-refractivity contribution in [1.29, 1.82) is 0 Å². The summed E-state index contributed by atoms with van der Waals surface area (Å²) in [6, 6.07) is 0. The van der Waals surface area contributed by atoms with Crippen LogP contribution < -0.4 is 0 Å². The fourth-order valence-electron chi connectivity index (χ4n) is 12.9. The Morgan fingerprint density at radius 1 is 0.265 bits per heavy atom. The van der Waals surface area contributed by atoms with Crippen LogP contribution in [-0.2, 0) is 65.4 Å². The summed E-state index contributed by atoms with van der Waals surface area (Å²) in [6.07, 6.45) is 68.0. The maximum atomic E-state index is 13.1. The van der Waals surface area contributed by atoms with E-state index >= 15 is 0 Å². The van der Waals surface area contributed by atoms with E-state index in [1.807, 2.05) is 0 Å². The largest absolute Gasteiger partial charge is 0.472 e. The number of ether oxygens (including phenoxy) is 4. The fraction of sp³-hybridized carbons (Fsp3) is 0.952. The van der Waals surface area contributed by atoms with Crippen LogP contribution in [0.1, 0.15) is 446 Å². The molecule has 0 aromatic heterocycles. The van der Waals surface area contributed by atoms with Gasteiger partial charge in [0.05, 0.1) is 26.4 Å². The third-order valence-electron chi connectivity index (χ3n) is 19.5. The van der Waals surface area contributed by atoms with Gasteiger partial charge < -0.3 is 33.8 Å². The Morgan fingerprint density at radius 2 is 0.451 bits per heavy atom. The number of carbonyl (C=O) groups excluding carboxylic acids is 4. The molecule has 0 fully saturated rings. The normalized spacial score (nSPS) is 13.8. The molecular weight excluding hydrogens is 1330 g/mol. The van der Waals surface area contributed by atoms with Crippen molar-refractivity contribution in [2.75, 3.05) is 39.6 Å². The van der Waals surface area contributed by atoms with Crippen molar-refractivity contribution < 1.29 is 80.2 Å². The maximum Gasteiger partial charge on any atom is 0.472 e. The van der Waals surface area contributed by atoms with E-state index in [0.717, 1.165) is 95.8 Å². The van der Waals surface area contributed by atoms with E-state index in [0.29, 0.717) is 25.7 Å². The van der Waals surface area contributed by atoms with Gasteiger partial charge >= 0.3 is 39.5 Å². The summed E-state index contributed by atoms with van der Waals surface area (Å²) in [4.78, 5) is 73.1. The standard InChI is InChI=1S/C83H162O17P2/c1-6-9-12-15-18-21-24-26-28-30-31-32-33-35-37-39-43-48-53-58-63-68-82(87)99-79(73-94-81(86)67-62-57-52-47-42-38-36-34-29-27-25-22-19-16-13-10-7-2)75-98-102(91,92)96-71-77(84)70-95-101(89,90)97-74-78(72-93-80(85)66-61-56-51-46-23-20-17-14-11-8-3)100-83(88)69-64-59-54-49-44-40-41-45-50-55-60-65-76(4)5/h76-79,84H,6-75H2,1-5H3,(H,89,90)(H,91,92)/t77-,78+,79+/m0/s1. The minimum atomic E-state index is -4.96. The van der Waals surface area contributed by atoms with E-state index in [1.54, 1.807) is 0 Å². The Bertz CT molecular complexity index is 1940. The number of unbranched alkanes of at least 4 members (excludes halogenated alkanes) is 55. The lowest BCUT2D eigenvalue weighted by Gasteiger charge is -2.21. The number of carbonyl (C=O) groups is 4. The summed E-state index contributed by atoms with van der Waals surface area (Å²) in [6.45, 7) is 7.33. The highest BCUT2D eigenvalue weighted by molar-refractivity contribution is 7.47. The van der Waals surface area contributed by atoms with Gasteiger partial charge in [0.1, 0.15) is 19.3 Å². The number of hydrogen-bond donors (Lipinski definition) is 3. The molecular formula is C83H162O17P2. The SMILES string of the molecule is CCCCCCCCCCCCCCCCCCCCCCCC(=O)O[C@H](COC(=O)CCCCCCCCCCCCCCCCCCC)COP(=O)(O)OC[C@@H](O)COP(=O)(O)OC[C@@H](COC(=O)CCCCCCCCCCCC)OC(=O)CCCCCCCCCCCCCC(C)C. The van der Waals surface area contributed by atoms with E-state index in [9.17, 15) is 43.2 Å². The third kappa shape index (κ3) is 76.3. The molecule has 0 amide bonds. The smallest absolute Gasteiger partial charge is 0.462 e. The topological polar surface area (TPSA) is 237 Å². The minimum Gasteiger partial charge on any atom is -0.462 e. The molecule has 0 aliphatic carbocycles. The van der Waals surface area contributed by atoms with Gasteiger partial charge in [-0.15, -0.1) is 0 Å². The quantitative estimate of drug-likeness (QED) is 0.0222. The second-order valence-corrected chi connectivity index (χ2v) is 33.3. The van der Waals surface area contributed by atoms with E-state index in [1.165, 1.54) is 270 Å². The van der Waals surface area contributed by atoms with Crippen LogP contribution in [-0.4, -0.2) is 96.7 Å². The first-order chi connectivity index (χ1) is 49.5. The Morgan fingerprint density at radius 3 is 0.667 bits per heavy atom. The molecule has 102 heavy (non-hydrogen) atoms. The second-order valence-electron chi connectivity index (χ2n) is 30.3. The molecule has 2 unspecified atom stereocenters. The van der Waals surface area contributed by atoms with E-state index < -0.39 is 97.5 Å². The lowest BCUT2D eigenvalue weighted by molar-refractivity contribution is -0.161. The van der Waals surface area contributed by atoms with Gasteiger partial charge in [0.25, 0.3) is 0 Å². The average Bonchev–Trinajstić information content (AvgIpc) is 0.921. The molecule has 0 heterocycles. The summed E-state index contributed by atoms with van der Waals surface area (Å²) in [5, 5.41) is 10.7. The molecule has 0 bridgehead atoms. The molecule has 5 atom stereocenters. The van der Waals surface area contributed by atoms with Crippen molar-refractivity contribution in [3.63, 3.8) is 0 Å². The maximum absolute atomic E-state index is 13.1. The van der Waals surface area contributed by atoms with Crippen molar-refractivity contribution in [1.82, 2.24) is 0 Å². The summed E-state index contributed by atoms with van der Waals surface area (Å²) in [5.41, 5.74) is 0. The molecule has 17 nitrogen and oxygen atoms in total. The molecule has 0 spiro atoms. The molecule has 0 aliphatic heterocycles. The van der Waals surface area contributed by atoms with Gasteiger partial charge in [0, 0.05) is 25.7 Å². The molecule has 0 aliphatic rings. The predicted octanol–water partition coefficient (Wildman–Crippen LogP) is 25.2. The third-order valence-corrected chi connectivity index (χ3v) is 21.4. The first-order valence-corrected chi connectivity index (χ1v) is 46.1. The van der Waals surface area contributed by atoms with Gasteiger partial charge in [-0.05, 0) is 31.6 Å². The van der Waals surface area contributed by atoms with Crippen molar-refractivity contribution in [2.45, 2.75) is 464 Å². The number of aliphatic hydroxyl groups excluding tert-OH is 1. The van der Waals surface area contributed by atoms with E-state index in [2.05, 4.69) is 34.6 Å². The second kappa shape index (κ2) is 75.9. The number of hydrogen-bond acceptors (Lipinski definition) is 15. The molecule has 0 rings (SSSR count). The van der Waals surface area contributed by atoms with E-state index in [4.69, 9.17) is 37.0 Å². The van der Waals surface area contributed by atoms with Crippen LogP contribution in [0, 0.1) is 5.92 Å². The van der Waals surface area contributed by atoms with Gasteiger partial charge in [-0.3, -0.25) is 37.3 Å². The summed E-state index contributed by atoms with van der Waals surface area (Å²) < 4.78 is 68.8. The zero-order valence-corrected chi connectivity index (χ0v) is 68.5. The summed E-state index contributed by atoms with van der Waals surface area (Å²) in [5.74, 6) is -1.34. The molecule has 0 saturated carbocycles. The van der Waals surface area contributed by atoms with Crippen molar-refractivity contribution >= 4 is 39.5 Å². The number of esters is 4. The fourth-order valence-corrected chi connectivity index (χ4v) is 14.5. The Labute approximate surface area is 626 Å². The van der Waals surface area contributed by atoms with Gasteiger partial charge in [-0.25, -0.2) is 9.13 Å². The van der Waals surface area contributed by atoms with Crippen LogP contribution in [0.5, 0.6) is 0 Å². The monoisotopic (exact) mass is 1490 g/mol. The lowest BCUT2D eigenvalue weighted by Crippen LogP contribution is -2.30. The molecule has 0 aromatic rings. The van der Waals surface area contributed by atoms with Crippen LogP contribution in [0.4, 0.5) is 0 Å². The molecule has 606 valence electrons. The number of phosphoric ester groups is 2. The highest BCUT2D eigenvalue weighted by atomic mass is 31.2. The zero-order chi connectivity index (χ0) is 74.8. The number of phosphoric acid groups is 2. The Kier molecular flexibility index (Phi) is 74.4. The Balaban J connectivity index is 5.22. The van der Waals surface area contributed by atoms with Gasteiger partial charge in [0.15, 0.2) is 12.2 Å². The summed E-state index contributed by atoms with van der Waals surface area (Å²) in [7, 11) is -9.92. The van der Waals surface area contributed by atoms with Gasteiger partial charge in [-0.1, -0.05) is 394 Å². The van der Waals surface area contributed by atoms with E-state index in [-0.39, 0.29) is 25.7 Å². The molecule has 0 radical (unpaired) electrons. The van der Waals surface area contributed by atoms with Crippen LogP contribution in [0.2, 0.25) is 0 Å². The van der Waals surface area contributed by atoms with Gasteiger partial charge in [-0.2, -0.15) is 0 Å². The summed E-state index contributed by atoms with van der Waals surface area (Å²) >= 11 is 0. The van der Waals surface area contributed by atoms with Crippen LogP contribution in [0.3, 0.4) is 0 Å². The highest BCUT2D eigenvalue weighted by Crippen LogP contribution is 2.45. The minimum absolute atomic E-state index is 0.107. The predicted molar refractivity (Wildman–Crippen MR) is 418 cm³/mol. The zero-order valence-electron chi connectivity index (χ0n) is 66.8. The molecule has 0 saturated heterocycles. The molecule has 3 N–H and O–H groups in total. The molecule has 19 heteroatoms.